The smallest absolute Gasteiger partial charge is 0.251 e. The first kappa shape index (κ1) is 18.9. The lowest BCUT2D eigenvalue weighted by atomic mass is 9.88. The molecule has 1 fully saturated rings. The van der Waals surface area contributed by atoms with Crippen LogP contribution in [-0.2, 0) is 9.53 Å². The molecule has 1 aliphatic rings. The molecule has 6 nitrogen and oxygen atoms in total. The van der Waals surface area contributed by atoms with Crippen LogP contribution in [0.2, 0.25) is 0 Å². The second-order valence-corrected chi connectivity index (χ2v) is 6.39. The van der Waals surface area contributed by atoms with Crippen LogP contribution in [0.25, 0.3) is 0 Å². The first-order valence-corrected chi connectivity index (χ1v) is 8.77. The van der Waals surface area contributed by atoms with Crippen LogP contribution in [0, 0.1) is 17.2 Å². The predicted molar refractivity (Wildman–Crippen MR) is 93.9 cm³/mol. The van der Waals surface area contributed by atoms with Crippen molar-refractivity contribution < 1.29 is 14.3 Å². The maximum Gasteiger partial charge on any atom is 0.251 e. The number of ether oxygens (including phenoxy) is 1. The minimum absolute atomic E-state index is 0.0847. The molecule has 0 heterocycles. The van der Waals surface area contributed by atoms with E-state index in [-0.39, 0.29) is 18.4 Å². The van der Waals surface area contributed by atoms with Crippen molar-refractivity contribution in [3.63, 3.8) is 0 Å². The van der Waals surface area contributed by atoms with E-state index in [9.17, 15) is 9.59 Å². The van der Waals surface area contributed by atoms with Crippen molar-refractivity contribution in [1.29, 1.82) is 5.26 Å². The highest BCUT2D eigenvalue weighted by molar-refractivity contribution is 5.96. The average Bonchev–Trinajstić information content (AvgIpc) is 2.64. The molecule has 0 spiro atoms. The summed E-state index contributed by atoms with van der Waals surface area (Å²) in [4.78, 5) is 23.7. The number of rotatable bonds is 7. The Morgan fingerprint density at radius 3 is 2.60 bits per heavy atom. The Morgan fingerprint density at radius 2 is 1.92 bits per heavy atom. The van der Waals surface area contributed by atoms with Crippen molar-refractivity contribution in [3.8, 4) is 6.07 Å². The molecule has 2 unspecified atom stereocenters. The van der Waals surface area contributed by atoms with Gasteiger partial charge >= 0.3 is 0 Å². The zero-order valence-electron chi connectivity index (χ0n) is 14.6. The zero-order chi connectivity index (χ0) is 18.1. The van der Waals surface area contributed by atoms with E-state index >= 15 is 0 Å². The number of nitrogens with zero attached hydrogens (tertiary/aromatic N) is 1. The molecule has 0 saturated heterocycles. The molecule has 134 valence electrons. The van der Waals surface area contributed by atoms with Crippen LogP contribution in [0.1, 0.15) is 48.5 Å². The molecule has 0 aromatic heterocycles. The van der Waals surface area contributed by atoms with E-state index in [0.29, 0.717) is 36.3 Å². The number of hydrogen-bond donors (Lipinski definition) is 2. The number of amides is 2. The third kappa shape index (κ3) is 6.20. The number of nitrogens with one attached hydrogen (secondary N) is 2. The largest absolute Gasteiger partial charge is 0.376 e. The van der Waals surface area contributed by atoms with E-state index in [1.807, 2.05) is 6.07 Å². The normalized spacial score (nSPS) is 19.7. The van der Waals surface area contributed by atoms with Gasteiger partial charge in [0, 0.05) is 12.1 Å². The number of carbonyl (C=O) groups excluding carboxylic acids is 2. The van der Waals surface area contributed by atoms with E-state index in [1.54, 1.807) is 24.3 Å². The lowest BCUT2D eigenvalue weighted by Crippen LogP contribution is -2.39. The van der Waals surface area contributed by atoms with E-state index < -0.39 is 0 Å². The Bertz CT molecular complexity index is 622. The zero-order valence-corrected chi connectivity index (χ0v) is 14.6. The highest BCUT2D eigenvalue weighted by Gasteiger charge is 2.21. The standard InChI is InChI=1S/C19H25N3O3/c1-14-4-2-3-5-17(14)25-11-10-21-18(23)13-22-19(24)16-8-6-15(12-20)7-9-16/h6-9,14,17H,2-5,10-11,13H2,1H3,(H,21,23)(H,22,24). The molecule has 0 aliphatic heterocycles. The van der Waals surface area contributed by atoms with Gasteiger partial charge in [-0.3, -0.25) is 9.59 Å². The summed E-state index contributed by atoms with van der Waals surface area (Å²) in [5.74, 6) is -0.00892. The van der Waals surface area contributed by atoms with Crippen molar-refractivity contribution in [2.75, 3.05) is 19.7 Å². The van der Waals surface area contributed by atoms with Gasteiger partial charge < -0.3 is 15.4 Å². The lowest BCUT2D eigenvalue weighted by molar-refractivity contribution is -0.120. The van der Waals surface area contributed by atoms with Crippen molar-refractivity contribution in [1.82, 2.24) is 10.6 Å². The Labute approximate surface area is 148 Å². The highest BCUT2D eigenvalue weighted by Crippen LogP contribution is 2.25. The molecule has 1 aromatic carbocycles. The summed E-state index contributed by atoms with van der Waals surface area (Å²) in [6, 6.07) is 8.25. The van der Waals surface area contributed by atoms with Gasteiger partial charge in [0.15, 0.2) is 0 Å². The van der Waals surface area contributed by atoms with Crippen LogP contribution in [0.4, 0.5) is 0 Å². The first-order valence-electron chi connectivity index (χ1n) is 8.77. The van der Waals surface area contributed by atoms with Crippen molar-refractivity contribution in [2.45, 2.75) is 38.7 Å². The van der Waals surface area contributed by atoms with Gasteiger partial charge in [0.2, 0.25) is 5.91 Å². The highest BCUT2D eigenvalue weighted by atomic mass is 16.5. The number of benzene rings is 1. The SMILES string of the molecule is CC1CCCCC1OCCNC(=O)CNC(=O)c1ccc(C#N)cc1. The molecule has 0 bridgehead atoms. The molecule has 1 saturated carbocycles. The first-order chi connectivity index (χ1) is 12.1. The van der Waals surface area contributed by atoms with Crippen LogP contribution in [-0.4, -0.2) is 37.6 Å². The molecule has 2 amide bonds. The van der Waals surface area contributed by atoms with E-state index in [1.165, 1.54) is 19.3 Å². The van der Waals surface area contributed by atoms with E-state index in [2.05, 4.69) is 17.6 Å². The summed E-state index contributed by atoms with van der Waals surface area (Å²) in [6.07, 6.45) is 5.08. The quantitative estimate of drug-likeness (QED) is 0.741. The van der Waals surface area contributed by atoms with Gasteiger partial charge in [0.1, 0.15) is 0 Å². The molecule has 2 N–H and O–H groups in total. The third-order valence-corrected chi connectivity index (χ3v) is 4.47. The van der Waals surface area contributed by atoms with Gasteiger partial charge in [0.25, 0.3) is 5.91 Å². The molecule has 25 heavy (non-hydrogen) atoms. The van der Waals surface area contributed by atoms with Gasteiger partial charge in [-0.25, -0.2) is 0 Å². The average molecular weight is 343 g/mol. The summed E-state index contributed by atoms with van der Waals surface area (Å²) >= 11 is 0. The molecular formula is C19H25N3O3. The fourth-order valence-electron chi connectivity index (χ4n) is 2.95. The van der Waals surface area contributed by atoms with Gasteiger partial charge in [-0.05, 0) is 43.0 Å². The van der Waals surface area contributed by atoms with E-state index in [0.717, 1.165) is 6.42 Å². The van der Waals surface area contributed by atoms with Gasteiger partial charge in [-0.1, -0.05) is 19.8 Å². The van der Waals surface area contributed by atoms with Gasteiger partial charge in [-0.2, -0.15) is 5.26 Å². The van der Waals surface area contributed by atoms with Crippen LogP contribution in [0.5, 0.6) is 0 Å². The molecule has 2 atom stereocenters. The maximum atomic E-state index is 11.9. The summed E-state index contributed by atoms with van der Waals surface area (Å²) in [5, 5.41) is 14.0. The fourth-order valence-corrected chi connectivity index (χ4v) is 2.95. The van der Waals surface area contributed by atoms with Crippen LogP contribution >= 0.6 is 0 Å². The van der Waals surface area contributed by atoms with Crippen molar-refractivity contribution in [2.24, 2.45) is 5.92 Å². The molecule has 6 heteroatoms. The summed E-state index contributed by atoms with van der Waals surface area (Å²) in [6.45, 7) is 3.05. The second kappa shape index (κ2) is 9.80. The molecule has 2 rings (SSSR count). The summed E-state index contributed by atoms with van der Waals surface area (Å²) in [7, 11) is 0. The molecule has 0 radical (unpaired) electrons. The third-order valence-electron chi connectivity index (χ3n) is 4.47. The molecular weight excluding hydrogens is 318 g/mol. The van der Waals surface area contributed by atoms with Crippen LogP contribution in [0.15, 0.2) is 24.3 Å². The van der Waals surface area contributed by atoms with Crippen molar-refractivity contribution >= 4 is 11.8 Å². The maximum absolute atomic E-state index is 11.9. The van der Waals surface area contributed by atoms with Gasteiger partial charge in [-0.15, -0.1) is 0 Å². The minimum Gasteiger partial charge on any atom is -0.376 e. The van der Waals surface area contributed by atoms with Crippen LogP contribution < -0.4 is 10.6 Å². The lowest BCUT2D eigenvalue weighted by Gasteiger charge is -2.28. The summed E-state index contributed by atoms with van der Waals surface area (Å²) in [5.41, 5.74) is 0.906. The predicted octanol–water partition coefficient (Wildman–Crippen LogP) is 2.00. The Hall–Kier alpha value is -2.39. The Balaban J connectivity index is 1.61. The van der Waals surface area contributed by atoms with E-state index in [4.69, 9.17) is 10.00 Å². The minimum atomic E-state index is -0.341. The fraction of sp³-hybridized carbons (Fsp3) is 0.526. The number of carbonyl (C=O) groups is 2. The second-order valence-electron chi connectivity index (χ2n) is 6.39. The molecule has 1 aliphatic carbocycles. The van der Waals surface area contributed by atoms with Crippen molar-refractivity contribution in [3.05, 3.63) is 35.4 Å². The van der Waals surface area contributed by atoms with Crippen LogP contribution in [0.3, 0.4) is 0 Å². The Morgan fingerprint density at radius 1 is 1.20 bits per heavy atom. The topological polar surface area (TPSA) is 91.2 Å². The summed E-state index contributed by atoms with van der Waals surface area (Å²) < 4.78 is 5.83. The number of nitriles is 1. The Kier molecular flexibility index (Phi) is 7.42. The monoisotopic (exact) mass is 343 g/mol. The number of hydrogen-bond acceptors (Lipinski definition) is 4. The van der Waals surface area contributed by atoms with Gasteiger partial charge in [0.05, 0.1) is 30.9 Å². The molecule has 1 aromatic rings.